The number of rotatable bonds is 3. The lowest BCUT2D eigenvalue weighted by Crippen LogP contribution is -2.01. The third-order valence-electron chi connectivity index (χ3n) is 3.84. The van der Waals surface area contributed by atoms with Crippen LogP contribution in [0, 0.1) is 12.7 Å². The third-order valence-corrected chi connectivity index (χ3v) is 3.84. The molecule has 0 saturated carbocycles. The summed E-state index contributed by atoms with van der Waals surface area (Å²) in [7, 11) is 1.36. The second-order valence-electron chi connectivity index (χ2n) is 5.28. The number of carbonyl (C=O) groups excluding carboxylic acids is 1. The second-order valence-corrected chi connectivity index (χ2v) is 5.28. The number of esters is 1. The number of aryl methyl sites for hydroxylation is 1. The van der Waals surface area contributed by atoms with Crippen molar-refractivity contribution in [2.45, 2.75) is 13.3 Å². The molecule has 1 N–H and O–H groups in total. The molecular weight excluding hydrogens is 281 g/mol. The lowest BCUT2D eigenvalue weighted by molar-refractivity contribution is 0.0600. The first-order chi connectivity index (χ1) is 10.6. The Morgan fingerprint density at radius 3 is 2.59 bits per heavy atom. The summed E-state index contributed by atoms with van der Waals surface area (Å²) in [6, 6.07) is 12.0. The van der Waals surface area contributed by atoms with Crippen molar-refractivity contribution in [1.82, 2.24) is 4.98 Å². The zero-order valence-electron chi connectivity index (χ0n) is 12.4. The minimum Gasteiger partial charge on any atom is -0.465 e. The molecule has 0 fully saturated rings. The molecule has 0 aliphatic carbocycles. The van der Waals surface area contributed by atoms with Gasteiger partial charge in [0.15, 0.2) is 0 Å². The fraction of sp³-hybridized carbons (Fsp3) is 0.167. The normalized spacial score (nSPS) is 10.9. The van der Waals surface area contributed by atoms with Crippen LogP contribution in [0.4, 0.5) is 4.39 Å². The van der Waals surface area contributed by atoms with E-state index in [0.717, 1.165) is 27.7 Å². The average Bonchev–Trinajstić information content (AvgIpc) is 2.83. The first-order valence-corrected chi connectivity index (χ1v) is 7.02. The van der Waals surface area contributed by atoms with Gasteiger partial charge in [0, 0.05) is 16.6 Å². The molecule has 3 rings (SSSR count). The van der Waals surface area contributed by atoms with Crippen LogP contribution in [0.2, 0.25) is 0 Å². The number of carbonyl (C=O) groups is 1. The summed E-state index contributed by atoms with van der Waals surface area (Å²) in [5.41, 5.74) is 4.60. The zero-order valence-corrected chi connectivity index (χ0v) is 12.4. The van der Waals surface area contributed by atoms with Crippen LogP contribution < -0.4 is 0 Å². The van der Waals surface area contributed by atoms with E-state index in [4.69, 9.17) is 0 Å². The number of fused-ring (bicyclic) bond motifs is 1. The van der Waals surface area contributed by atoms with Gasteiger partial charge in [0.2, 0.25) is 0 Å². The van der Waals surface area contributed by atoms with Crippen molar-refractivity contribution in [3.05, 3.63) is 70.7 Å². The molecule has 0 atom stereocenters. The molecule has 112 valence electrons. The van der Waals surface area contributed by atoms with E-state index in [0.29, 0.717) is 12.0 Å². The van der Waals surface area contributed by atoms with Gasteiger partial charge in [-0.15, -0.1) is 0 Å². The quantitative estimate of drug-likeness (QED) is 0.743. The van der Waals surface area contributed by atoms with Crippen LogP contribution in [0.1, 0.15) is 27.2 Å². The predicted molar refractivity (Wildman–Crippen MR) is 83.6 cm³/mol. The highest BCUT2D eigenvalue weighted by Crippen LogP contribution is 2.25. The zero-order chi connectivity index (χ0) is 15.7. The molecule has 2 aromatic carbocycles. The van der Waals surface area contributed by atoms with Gasteiger partial charge in [0.25, 0.3) is 0 Å². The number of hydrogen-bond donors (Lipinski definition) is 1. The summed E-state index contributed by atoms with van der Waals surface area (Å²) in [6.45, 7) is 1.98. The minimum absolute atomic E-state index is 0.242. The summed E-state index contributed by atoms with van der Waals surface area (Å²) < 4.78 is 18.2. The molecule has 0 radical (unpaired) electrons. The van der Waals surface area contributed by atoms with Crippen molar-refractivity contribution in [3.8, 4) is 0 Å². The van der Waals surface area contributed by atoms with Crippen LogP contribution in [0.15, 0.2) is 42.5 Å². The molecule has 1 aromatic heterocycles. The van der Waals surface area contributed by atoms with Crippen molar-refractivity contribution < 1.29 is 13.9 Å². The topological polar surface area (TPSA) is 42.1 Å². The van der Waals surface area contributed by atoms with Crippen LogP contribution in [-0.2, 0) is 11.2 Å². The monoisotopic (exact) mass is 297 g/mol. The van der Waals surface area contributed by atoms with Gasteiger partial charge in [-0.05, 0) is 54.8 Å². The van der Waals surface area contributed by atoms with E-state index in [1.807, 2.05) is 19.1 Å². The molecule has 22 heavy (non-hydrogen) atoms. The predicted octanol–water partition coefficient (Wildman–Crippen LogP) is 3.99. The van der Waals surface area contributed by atoms with E-state index in [1.54, 1.807) is 24.3 Å². The first kappa shape index (κ1) is 14.3. The van der Waals surface area contributed by atoms with Gasteiger partial charge in [0.1, 0.15) is 5.82 Å². The van der Waals surface area contributed by atoms with E-state index in [1.165, 1.54) is 13.2 Å². The highest BCUT2D eigenvalue weighted by Gasteiger charge is 2.11. The standard InChI is InChI=1S/C18H16FNO2/c1-11-15(16-10-14(19)7-8-17(16)20-11)9-12-3-5-13(6-4-12)18(21)22-2/h3-8,10,20H,9H2,1-2H3. The summed E-state index contributed by atoms with van der Waals surface area (Å²) >= 11 is 0. The molecule has 0 spiro atoms. The van der Waals surface area contributed by atoms with Crippen molar-refractivity contribution in [2.75, 3.05) is 7.11 Å². The Morgan fingerprint density at radius 1 is 1.18 bits per heavy atom. The van der Waals surface area contributed by atoms with Crippen molar-refractivity contribution in [1.29, 1.82) is 0 Å². The van der Waals surface area contributed by atoms with E-state index >= 15 is 0 Å². The lowest BCUT2D eigenvalue weighted by atomic mass is 10.0. The molecule has 0 unspecified atom stereocenters. The Balaban J connectivity index is 1.94. The molecular formula is C18H16FNO2. The fourth-order valence-electron chi connectivity index (χ4n) is 2.66. The first-order valence-electron chi connectivity index (χ1n) is 7.02. The van der Waals surface area contributed by atoms with Crippen molar-refractivity contribution in [2.24, 2.45) is 0 Å². The molecule has 0 aliphatic rings. The summed E-state index contributed by atoms with van der Waals surface area (Å²) in [5.74, 6) is -0.592. The van der Waals surface area contributed by atoms with Crippen LogP contribution in [0.3, 0.4) is 0 Å². The maximum atomic E-state index is 13.5. The van der Waals surface area contributed by atoms with Crippen LogP contribution in [-0.4, -0.2) is 18.1 Å². The number of methoxy groups -OCH3 is 1. The summed E-state index contributed by atoms with van der Waals surface area (Å²) in [4.78, 5) is 14.7. The minimum atomic E-state index is -0.350. The fourth-order valence-corrected chi connectivity index (χ4v) is 2.66. The Labute approximate surface area is 127 Å². The molecule has 3 nitrogen and oxygen atoms in total. The molecule has 1 heterocycles. The number of hydrogen-bond acceptors (Lipinski definition) is 2. The van der Waals surface area contributed by atoms with Gasteiger partial charge < -0.3 is 9.72 Å². The van der Waals surface area contributed by atoms with E-state index in [2.05, 4.69) is 9.72 Å². The van der Waals surface area contributed by atoms with Crippen LogP contribution >= 0.6 is 0 Å². The van der Waals surface area contributed by atoms with E-state index < -0.39 is 0 Å². The second kappa shape index (κ2) is 5.64. The lowest BCUT2D eigenvalue weighted by Gasteiger charge is -2.04. The van der Waals surface area contributed by atoms with Gasteiger partial charge in [0.05, 0.1) is 12.7 Å². The van der Waals surface area contributed by atoms with Gasteiger partial charge in [-0.1, -0.05) is 12.1 Å². The number of ether oxygens (including phenoxy) is 1. The van der Waals surface area contributed by atoms with E-state index in [-0.39, 0.29) is 11.8 Å². The number of H-pyrrole nitrogens is 1. The maximum absolute atomic E-state index is 13.5. The highest BCUT2D eigenvalue weighted by atomic mass is 19.1. The molecule has 3 aromatic rings. The Hall–Kier alpha value is -2.62. The van der Waals surface area contributed by atoms with E-state index in [9.17, 15) is 9.18 Å². The Kier molecular flexibility index (Phi) is 3.67. The number of aromatic nitrogens is 1. The molecule has 0 amide bonds. The van der Waals surface area contributed by atoms with Gasteiger partial charge in [-0.2, -0.15) is 0 Å². The maximum Gasteiger partial charge on any atom is 0.337 e. The molecule has 0 bridgehead atoms. The Morgan fingerprint density at radius 2 is 1.91 bits per heavy atom. The molecule has 4 heteroatoms. The number of halogens is 1. The average molecular weight is 297 g/mol. The number of benzene rings is 2. The smallest absolute Gasteiger partial charge is 0.337 e. The summed E-state index contributed by atoms with van der Waals surface area (Å²) in [6.07, 6.45) is 0.677. The van der Waals surface area contributed by atoms with Crippen molar-refractivity contribution in [3.63, 3.8) is 0 Å². The largest absolute Gasteiger partial charge is 0.465 e. The molecule has 0 saturated heterocycles. The van der Waals surface area contributed by atoms with Gasteiger partial charge in [-0.3, -0.25) is 0 Å². The number of nitrogens with one attached hydrogen (secondary N) is 1. The molecule has 0 aliphatic heterocycles. The van der Waals surface area contributed by atoms with Gasteiger partial charge in [-0.25, -0.2) is 9.18 Å². The SMILES string of the molecule is COC(=O)c1ccc(Cc2c(C)[nH]c3ccc(F)cc23)cc1. The van der Waals surface area contributed by atoms with Crippen molar-refractivity contribution >= 4 is 16.9 Å². The van der Waals surface area contributed by atoms with Gasteiger partial charge >= 0.3 is 5.97 Å². The Bertz CT molecular complexity index is 834. The van der Waals surface area contributed by atoms with Crippen LogP contribution in [0.25, 0.3) is 10.9 Å². The third kappa shape index (κ3) is 2.60. The highest BCUT2D eigenvalue weighted by molar-refractivity contribution is 5.89. The van der Waals surface area contributed by atoms with Crippen LogP contribution in [0.5, 0.6) is 0 Å². The number of aromatic amines is 1. The summed E-state index contributed by atoms with van der Waals surface area (Å²) in [5, 5.41) is 0.898.